The Morgan fingerprint density at radius 2 is 2.24 bits per heavy atom. The molecule has 0 unspecified atom stereocenters. The van der Waals surface area contributed by atoms with Gasteiger partial charge >= 0.3 is 0 Å². The SMILES string of the molecule is O=C(NC[C@@H]1OCCc2ccccc21)c1ccncc1F. The molecule has 21 heavy (non-hydrogen) atoms. The zero-order valence-corrected chi connectivity index (χ0v) is 11.4. The van der Waals surface area contributed by atoms with Gasteiger partial charge in [0, 0.05) is 12.7 Å². The number of nitrogens with zero attached hydrogens (tertiary/aromatic N) is 1. The predicted octanol–water partition coefficient (Wildman–Crippen LogP) is 2.26. The van der Waals surface area contributed by atoms with Gasteiger partial charge in [0.25, 0.3) is 5.91 Å². The fraction of sp³-hybridized carbons (Fsp3) is 0.250. The fourth-order valence-electron chi connectivity index (χ4n) is 2.49. The van der Waals surface area contributed by atoms with E-state index in [0.717, 1.165) is 18.2 Å². The average molecular weight is 286 g/mol. The third-order valence-corrected chi connectivity index (χ3v) is 3.56. The number of amides is 1. The molecule has 0 spiro atoms. The molecule has 0 radical (unpaired) electrons. The van der Waals surface area contributed by atoms with E-state index in [9.17, 15) is 9.18 Å². The number of carbonyl (C=O) groups is 1. The predicted molar refractivity (Wildman–Crippen MR) is 75.4 cm³/mol. The number of nitrogens with one attached hydrogen (secondary N) is 1. The third kappa shape index (κ3) is 2.92. The summed E-state index contributed by atoms with van der Waals surface area (Å²) in [6.07, 6.45) is 3.11. The van der Waals surface area contributed by atoms with Gasteiger partial charge in [0.05, 0.1) is 18.4 Å². The number of hydrogen-bond acceptors (Lipinski definition) is 3. The Balaban J connectivity index is 1.69. The molecule has 1 atom stereocenters. The number of ether oxygens (including phenoxy) is 1. The summed E-state index contributed by atoms with van der Waals surface area (Å²) in [6.45, 7) is 0.943. The third-order valence-electron chi connectivity index (χ3n) is 3.56. The van der Waals surface area contributed by atoms with Crippen LogP contribution >= 0.6 is 0 Å². The highest BCUT2D eigenvalue weighted by molar-refractivity contribution is 5.94. The molecule has 0 saturated carbocycles. The van der Waals surface area contributed by atoms with Crippen LogP contribution in [0.4, 0.5) is 4.39 Å². The van der Waals surface area contributed by atoms with Gasteiger partial charge in [0.2, 0.25) is 0 Å². The van der Waals surface area contributed by atoms with Crippen molar-refractivity contribution in [1.82, 2.24) is 10.3 Å². The van der Waals surface area contributed by atoms with Gasteiger partial charge in [-0.15, -0.1) is 0 Å². The van der Waals surface area contributed by atoms with E-state index >= 15 is 0 Å². The van der Waals surface area contributed by atoms with Crippen molar-refractivity contribution in [2.24, 2.45) is 0 Å². The first-order valence-electron chi connectivity index (χ1n) is 6.83. The number of halogens is 1. The minimum atomic E-state index is -0.625. The van der Waals surface area contributed by atoms with E-state index < -0.39 is 11.7 Å². The first kappa shape index (κ1) is 13.7. The Morgan fingerprint density at radius 3 is 3.10 bits per heavy atom. The number of carbonyl (C=O) groups excluding carboxylic acids is 1. The van der Waals surface area contributed by atoms with Gasteiger partial charge in [0.15, 0.2) is 5.82 Å². The molecule has 0 bridgehead atoms. The molecule has 5 heteroatoms. The molecule has 0 fully saturated rings. The zero-order chi connectivity index (χ0) is 14.7. The molecule has 3 rings (SSSR count). The van der Waals surface area contributed by atoms with Crippen LogP contribution < -0.4 is 5.32 Å². The molecule has 1 aliphatic heterocycles. The van der Waals surface area contributed by atoms with Crippen LogP contribution in [0, 0.1) is 5.82 Å². The highest BCUT2D eigenvalue weighted by atomic mass is 19.1. The zero-order valence-electron chi connectivity index (χ0n) is 11.4. The van der Waals surface area contributed by atoms with Gasteiger partial charge in [-0.1, -0.05) is 24.3 Å². The average Bonchev–Trinajstić information content (AvgIpc) is 2.53. The molecule has 0 aliphatic carbocycles. The van der Waals surface area contributed by atoms with Crippen molar-refractivity contribution in [3.05, 3.63) is 65.2 Å². The fourth-order valence-corrected chi connectivity index (χ4v) is 2.49. The van der Waals surface area contributed by atoms with E-state index in [1.807, 2.05) is 18.2 Å². The molecule has 1 amide bonds. The highest BCUT2D eigenvalue weighted by Gasteiger charge is 2.21. The van der Waals surface area contributed by atoms with Crippen LogP contribution in [0.2, 0.25) is 0 Å². The van der Waals surface area contributed by atoms with E-state index in [2.05, 4.69) is 16.4 Å². The van der Waals surface area contributed by atoms with E-state index in [-0.39, 0.29) is 11.7 Å². The maximum atomic E-state index is 13.5. The summed E-state index contributed by atoms with van der Waals surface area (Å²) in [4.78, 5) is 15.6. The lowest BCUT2D eigenvalue weighted by Gasteiger charge is -2.26. The van der Waals surface area contributed by atoms with Gasteiger partial charge in [-0.05, 0) is 23.6 Å². The molecule has 0 saturated heterocycles. The van der Waals surface area contributed by atoms with Crippen molar-refractivity contribution in [1.29, 1.82) is 0 Å². The van der Waals surface area contributed by atoms with Gasteiger partial charge in [-0.2, -0.15) is 0 Å². The second kappa shape index (κ2) is 6.01. The minimum absolute atomic E-state index is 0.00547. The molecule has 1 aromatic heterocycles. The quantitative estimate of drug-likeness (QED) is 0.941. The largest absolute Gasteiger partial charge is 0.371 e. The van der Waals surface area contributed by atoms with E-state index in [4.69, 9.17) is 4.74 Å². The van der Waals surface area contributed by atoms with Crippen LogP contribution in [-0.4, -0.2) is 24.0 Å². The summed E-state index contributed by atoms with van der Waals surface area (Å²) in [6, 6.07) is 9.37. The summed E-state index contributed by atoms with van der Waals surface area (Å²) in [5.41, 5.74) is 2.31. The van der Waals surface area contributed by atoms with Crippen LogP contribution in [-0.2, 0) is 11.2 Å². The van der Waals surface area contributed by atoms with Gasteiger partial charge in [-0.25, -0.2) is 4.39 Å². The number of aromatic nitrogens is 1. The molecule has 1 aliphatic rings. The van der Waals surface area contributed by atoms with Crippen LogP contribution in [0.25, 0.3) is 0 Å². The lowest BCUT2D eigenvalue weighted by molar-refractivity contribution is 0.0411. The second-order valence-electron chi connectivity index (χ2n) is 4.87. The van der Waals surface area contributed by atoms with Crippen LogP contribution in [0.5, 0.6) is 0 Å². The Bertz CT molecular complexity index is 660. The summed E-state index contributed by atoms with van der Waals surface area (Å²) in [5, 5.41) is 2.72. The number of rotatable bonds is 3. The molecule has 1 N–H and O–H groups in total. The van der Waals surface area contributed by atoms with Crippen LogP contribution in [0.3, 0.4) is 0 Å². The van der Waals surface area contributed by atoms with Crippen molar-refractivity contribution in [3.8, 4) is 0 Å². The van der Waals surface area contributed by atoms with Gasteiger partial charge < -0.3 is 10.1 Å². The van der Waals surface area contributed by atoms with E-state index in [1.54, 1.807) is 0 Å². The Labute approximate surface area is 122 Å². The maximum Gasteiger partial charge on any atom is 0.254 e. The molecule has 4 nitrogen and oxygen atoms in total. The molecular formula is C16H15FN2O2. The summed E-state index contributed by atoms with van der Waals surface area (Å²) in [7, 11) is 0. The van der Waals surface area contributed by atoms with Crippen molar-refractivity contribution in [2.45, 2.75) is 12.5 Å². The standard InChI is InChI=1S/C16H15FN2O2/c17-14-9-18-7-5-13(14)16(20)19-10-15-12-4-2-1-3-11(12)6-8-21-15/h1-5,7,9,15H,6,8,10H2,(H,19,20)/t15-/m0/s1. The van der Waals surface area contributed by atoms with Gasteiger partial charge in [-0.3, -0.25) is 9.78 Å². The Hall–Kier alpha value is -2.27. The summed E-state index contributed by atoms with van der Waals surface area (Å²) in [5.74, 6) is -1.08. The molecule has 2 heterocycles. The van der Waals surface area contributed by atoms with E-state index in [0.29, 0.717) is 13.2 Å². The summed E-state index contributed by atoms with van der Waals surface area (Å²) < 4.78 is 19.2. The van der Waals surface area contributed by atoms with E-state index in [1.165, 1.54) is 17.8 Å². The molecule has 1 aromatic carbocycles. The first-order valence-corrected chi connectivity index (χ1v) is 6.83. The number of pyridine rings is 1. The van der Waals surface area contributed by atoms with Crippen molar-refractivity contribution < 1.29 is 13.9 Å². The monoisotopic (exact) mass is 286 g/mol. The molecule has 108 valence electrons. The summed E-state index contributed by atoms with van der Waals surface area (Å²) >= 11 is 0. The van der Waals surface area contributed by atoms with Crippen LogP contribution in [0.15, 0.2) is 42.7 Å². The maximum absolute atomic E-state index is 13.5. The first-order chi connectivity index (χ1) is 10.3. The van der Waals surface area contributed by atoms with Crippen molar-refractivity contribution in [2.75, 3.05) is 13.2 Å². The number of fused-ring (bicyclic) bond motifs is 1. The smallest absolute Gasteiger partial charge is 0.254 e. The highest BCUT2D eigenvalue weighted by Crippen LogP contribution is 2.26. The topological polar surface area (TPSA) is 51.2 Å². The number of hydrogen-bond donors (Lipinski definition) is 1. The van der Waals surface area contributed by atoms with Crippen LogP contribution in [0.1, 0.15) is 27.6 Å². The Morgan fingerprint density at radius 1 is 1.38 bits per heavy atom. The lowest BCUT2D eigenvalue weighted by Crippen LogP contribution is -2.32. The van der Waals surface area contributed by atoms with Gasteiger partial charge in [0.1, 0.15) is 6.10 Å². The lowest BCUT2D eigenvalue weighted by atomic mass is 9.97. The number of benzene rings is 1. The normalized spacial score (nSPS) is 17.1. The molecule has 2 aromatic rings. The Kier molecular flexibility index (Phi) is 3.92. The minimum Gasteiger partial charge on any atom is -0.371 e. The second-order valence-corrected chi connectivity index (χ2v) is 4.87. The van der Waals surface area contributed by atoms with Crippen molar-refractivity contribution >= 4 is 5.91 Å². The van der Waals surface area contributed by atoms with Crippen molar-refractivity contribution in [3.63, 3.8) is 0 Å². The molecular weight excluding hydrogens is 271 g/mol.